The van der Waals surface area contributed by atoms with Gasteiger partial charge in [-0.1, -0.05) is 39.0 Å². The first-order valence-corrected chi connectivity index (χ1v) is 11.1. The van der Waals surface area contributed by atoms with Crippen LogP contribution in [0.15, 0.2) is 18.2 Å². The van der Waals surface area contributed by atoms with Gasteiger partial charge >= 0.3 is 0 Å². The number of hydrogen-bond donors (Lipinski definition) is 1. The molecule has 0 aliphatic carbocycles. The van der Waals surface area contributed by atoms with Crippen molar-refractivity contribution in [1.29, 1.82) is 0 Å². The third-order valence-corrected chi connectivity index (χ3v) is 5.79. The fraction of sp³-hybridized carbons (Fsp3) is 0.708. The van der Waals surface area contributed by atoms with E-state index in [4.69, 9.17) is 4.74 Å². The van der Waals surface area contributed by atoms with Crippen LogP contribution in [0.2, 0.25) is 0 Å². The Morgan fingerprint density at radius 1 is 1.10 bits per heavy atom. The second kappa shape index (κ2) is 12.3. The maximum Gasteiger partial charge on any atom is 0.238 e. The second-order valence-corrected chi connectivity index (χ2v) is 8.58. The predicted molar refractivity (Wildman–Crippen MR) is 124 cm³/mol. The SMILES string of the molecule is CCN(CC)CCC(C)OCC(C)(C)N(CC)CC(=O)Nc1c(C)cccc1C. The molecule has 0 aliphatic heterocycles. The number of benzene rings is 1. The third-order valence-electron chi connectivity index (χ3n) is 5.79. The van der Waals surface area contributed by atoms with Crippen LogP contribution in [0, 0.1) is 13.8 Å². The maximum atomic E-state index is 12.7. The number of anilines is 1. The van der Waals surface area contributed by atoms with Gasteiger partial charge in [-0.05, 0) is 71.8 Å². The normalized spacial score (nSPS) is 13.2. The number of rotatable bonds is 13. The Labute approximate surface area is 178 Å². The zero-order valence-corrected chi connectivity index (χ0v) is 20.0. The molecule has 5 heteroatoms. The van der Waals surface area contributed by atoms with Crippen molar-refractivity contribution in [2.75, 3.05) is 44.6 Å². The van der Waals surface area contributed by atoms with Crippen LogP contribution in [0.4, 0.5) is 5.69 Å². The van der Waals surface area contributed by atoms with Gasteiger partial charge < -0.3 is 15.0 Å². The highest BCUT2D eigenvalue weighted by molar-refractivity contribution is 5.93. The molecule has 1 N–H and O–H groups in total. The number of carbonyl (C=O) groups excluding carboxylic acids is 1. The van der Waals surface area contributed by atoms with E-state index in [0.717, 1.165) is 49.4 Å². The number of nitrogens with one attached hydrogen (secondary N) is 1. The van der Waals surface area contributed by atoms with E-state index in [1.807, 2.05) is 32.0 Å². The summed E-state index contributed by atoms with van der Waals surface area (Å²) in [6, 6.07) is 6.07. The summed E-state index contributed by atoms with van der Waals surface area (Å²) in [4.78, 5) is 17.3. The molecule has 0 aliphatic rings. The van der Waals surface area contributed by atoms with E-state index < -0.39 is 0 Å². The first-order chi connectivity index (χ1) is 13.6. The number of ether oxygens (including phenoxy) is 1. The van der Waals surface area contributed by atoms with Gasteiger partial charge in [-0.25, -0.2) is 0 Å². The zero-order valence-electron chi connectivity index (χ0n) is 20.0. The number of carbonyl (C=O) groups is 1. The molecule has 0 spiro atoms. The van der Waals surface area contributed by atoms with E-state index in [-0.39, 0.29) is 17.6 Å². The molecule has 1 unspecified atom stereocenters. The highest BCUT2D eigenvalue weighted by Crippen LogP contribution is 2.21. The van der Waals surface area contributed by atoms with Gasteiger partial charge in [-0.15, -0.1) is 0 Å². The Balaban J connectivity index is 2.60. The molecule has 1 aromatic rings. The van der Waals surface area contributed by atoms with Crippen LogP contribution in [0.5, 0.6) is 0 Å². The van der Waals surface area contributed by atoms with Crippen molar-refractivity contribution >= 4 is 11.6 Å². The molecule has 0 fully saturated rings. The molecule has 1 amide bonds. The first-order valence-electron chi connectivity index (χ1n) is 11.1. The lowest BCUT2D eigenvalue weighted by molar-refractivity contribution is -0.119. The van der Waals surface area contributed by atoms with E-state index in [1.54, 1.807) is 0 Å². The number of aryl methyl sites for hydroxylation is 2. The van der Waals surface area contributed by atoms with Gasteiger partial charge in [0.2, 0.25) is 5.91 Å². The van der Waals surface area contributed by atoms with Gasteiger partial charge in [0.05, 0.1) is 19.3 Å². The zero-order chi connectivity index (χ0) is 22.0. The number of hydrogen-bond acceptors (Lipinski definition) is 4. The van der Waals surface area contributed by atoms with Crippen molar-refractivity contribution in [1.82, 2.24) is 9.80 Å². The van der Waals surface area contributed by atoms with Crippen LogP contribution >= 0.6 is 0 Å². The summed E-state index contributed by atoms with van der Waals surface area (Å²) in [6.45, 7) is 22.0. The molecule has 0 saturated heterocycles. The van der Waals surface area contributed by atoms with E-state index in [1.165, 1.54) is 0 Å². The number of likely N-dealkylation sites (N-methyl/N-ethyl adjacent to an activating group) is 1. The molecule has 0 aromatic heterocycles. The minimum Gasteiger partial charge on any atom is -0.377 e. The summed E-state index contributed by atoms with van der Waals surface area (Å²) in [5.41, 5.74) is 2.89. The van der Waals surface area contributed by atoms with Gasteiger partial charge in [0, 0.05) is 17.8 Å². The van der Waals surface area contributed by atoms with Crippen LogP contribution in [0.25, 0.3) is 0 Å². The maximum absolute atomic E-state index is 12.7. The van der Waals surface area contributed by atoms with Crippen molar-refractivity contribution in [2.24, 2.45) is 0 Å². The molecule has 0 bridgehead atoms. The third kappa shape index (κ3) is 8.45. The monoisotopic (exact) mass is 405 g/mol. The van der Waals surface area contributed by atoms with Crippen molar-refractivity contribution in [3.63, 3.8) is 0 Å². The molecular weight excluding hydrogens is 362 g/mol. The number of para-hydroxylation sites is 1. The number of nitrogens with zero attached hydrogens (tertiary/aromatic N) is 2. The van der Waals surface area contributed by atoms with Gasteiger partial charge in [0.15, 0.2) is 0 Å². The largest absolute Gasteiger partial charge is 0.377 e. The Kier molecular flexibility index (Phi) is 10.9. The average Bonchev–Trinajstić information content (AvgIpc) is 2.68. The summed E-state index contributed by atoms with van der Waals surface area (Å²) < 4.78 is 6.17. The second-order valence-electron chi connectivity index (χ2n) is 8.58. The summed E-state index contributed by atoms with van der Waals surface area (Å²) in [5, 5.41) is 3.10. The van der Waals surface area contributed by atoms with E-state index in [2.05, 4.69) is 56.7 Å². The van der Waals surface area contributed by atoms with Crippen molar-refractivity contribution < 1.29 is 9.53 Å². The minimum absolute atomic E-state index is 0.0203. The Hall–Kier alpha value is -1.43. The van der Waals surface area contributed by atoms with Gasteiger partial charge in [-0.2, -0.15) is 0 Å². The van der Waals surface area contributed by atoms with Crippen LogP contribution in [0.1, 0.15) is 59.1 Å². The summed E-state index contributed by atoms with van der Waals surface area (Å²) in [6.07, 6.45) is 1.23. The molecule has 0 heterocycles. The fourth-order valence-corrected chi connectivity index (χ4v) is 3.54. The molecule has 1 atom stereocenters. The number of amides is 1. The summed E-state index contributed by atoms with van der Waals surface area (Å²) in [5.74, 6) is 0.0203. The highest BCUT2D eigenvalue weighted by atomic mass is 16.5. The lowest BCUT2D eigenvalue weighted by Gasteiger charge is -2.38. The molecule has 0 saturated carbocycles. The van der Waals surface area contributed by atoms with Gasteiger partial charge in [-0.3, -0.25) is 9.69 Å². The lowest BCUT2D eigenvalue weighted by Crippen LogP contribution is -2.51. The van der Waals surface area contributed by atoms with Crippen LogP contribution < -0.4 is 5.32 Å². The first kappa shape index (κ1) is 25.6. The highest BCUT2D eigenvalue weighted by Gasteiger charge is 2.28. The molecule has 29 heavy (non-hydrogen) atoms. The standard InChI is InChI=1S/C24H43N3O2/c1-9-26(10-2)16-15-21(6)29-18-24(7,8)27(11-3)17-22(28)25-23-19(4)13-12-14-20(23)5/h12-14,21H,9-11,15-18H2,1-8H3,(H,25,28). The summed E-state index contributed by atoms with van der Waals surface area (Å²) in [7, 11) is 0. The van der Waals surface area contributed by atoms with Crippen molar-refractivity contribution in [3.05, 3.63) is 29.3 Å². The van der Waals surface area contributed by atoms with Crippen molar-refractivity contribution in [3.8, 4) is 0 Å². The minimum atomic E-state index is -0.212. The molecule has 1 rings (SSSR count). The van der Waals surface area contributed by atoms with Crippen LogP contribution in [-0.4, -0.2) is 66.7 Å². The topological polar surface area (TPSA) is 44.8 Å². The molecule has 1 aromatic carbocycles. The molecule has 166 valence electrons. The Bertz CT molecular complexity index is 606. The Morgan fingerprint density at radius 3 is 2.21 bits per heavy atom. The van der Waals surface area contributed by atoms with Crippen LogP contribution in [0.3, 0.4) is 0 Å². The quantitative estimate of drug-likeness (QED) is 0.525. The predicted octanol–water partition coefficient (Wildman–Crippen LogP) is 4.48. The van der Waals surface area contributed by atoms with Crippen molar-refractivity contribution in [2.45, 2.75) is 73.5 Å². The Morgan fingerprint density at radius 2 is 1.69 bits per heavy atom. The molecular formula is C24H43N3O2. The average molecular weight is 406 g/mol. The van der Waals surface area contributed by atoms with E-state index in [0.29, 0.717) is 13.2 Å². The molecule has 0 radical (unpaired) electrons. The van der Waals surface area contributed by atoms with Gasteiger partial charge in [0.25, 0.3) is 0 Å². The van der Waals surface area contributed by atoms with E-state index >= 15 is 0 Å². The fourth-order valence-electron chi connectivity index (χ4n) is 3.54. The van der Waals surface area contributed by atoms with Gasteiger partial charge in [0.1, 0.15) is 0 Å². The molecule has 5 nitrogen and oxygen atoms in total. The lowest BCUT2D eigenvalue weighted by atomic mass is 10.0. The van der Waals surface area contributed by atoms with E-state index in [9.17, 15) is 4.79 Å². The smallest absolute Gasteiger partial charge is 0.238 e. The summed E-state index contributed by atoms with van der Waals surface area (Å²) >= 11 is 0. The van der Waals surface area contributed by atoms with Crippen LogP contribution in [-0.2, 0) is 9.53 Å².